The summed E-state index contributed by atoms with van der Waals surface area (Å²) in [6.07, 6.45) is 0.0217. The molecule has 8 heteroatoms. The van der Waals surface area contributed by atoms with Crippen molar-refractivity contribution in [2.75, 3.05) is 0 Å². The van der Waals surface area contributed by atoms with Gasteiger partial charge in [0.05, 0.1) is 22.5 Å². The summed E-state index contributed by atoms with van der Waals surface area (Å²) in [6.45, 7) is 2.30. The Kier molecular flexibility index (Phi) is 5.18. The van der Waals surface area contributed by atoms with E-state index >= 15 is 0 Å². The molecule has 0 spiro atoms. The van der Waals surface area contributed by atoms with Crippen LogP contribution in [0, 0.1) is 13.8 Å². The van der Waals surface area contributed by atoms with Crippen molar-refractivity contribution < 1.29 is 13.6 Å². The summed E-state index contributed by atoms with van der Waals surface area (Å²) in [6, 6.07) is 3.44. The lowest BCUT2D eigenvalue weighted by atomic mass is 10.1. The standard InChI is InChI=1S/C14H16ClF2N3OS/c1-7-10(9(3)20(19-7)14(16)17)6-13(21)18-8(2)11-4-5-12(15)22-11/h4-5,8,14H,6H2,1-3H3,(H,18,21). The number of thiophene rings is 1. The number of hydrogen-bond acceptors (Lipinski definition) is 3. The van der Waals surface area contributed by atoms with E-state index in [2.05, 4.69) is 10.4 Å². The monoisotopic (exact) mass is 347 g/mol. The van der Waals surface area contributed by atoms with Crippen LogP contribution in [0.15, 0.2) is 12.1 Å². The Hall–Kier alpha value is -1.47. The van der Waals surface area contributed by atoms with Crippen LogP contribution < -0.4 is 5.32 Å². The fraction of sp³-hybridized carbons (Fsp3) is 0.429. The molecule has 2 aromatic heterocycles. The van der Waals surface area contributed by atoms with Gasteiger partial charge in [-0.2, -0.15) is 13.9 Å². The molecule has 1 amide bonds. The van der Waals surface area contributed by atoms with E-state index in [-0.39, 0.29) is 18.4 Å². The minimum atomic E-state index is -2.71. The molecule has 2 aromatic rings. The molecule has 0 bridgehead atoms. The van der Waals surface area contributed by atoms with Crippen LogP contribution in [0.2, 0.25) is 4.34 Å². The minimum Gasteiger partial charge on any atom is -0.348 e. The van der Waals surface area contributed by atoms with Gasteiger partial charge in [0.2, 0.25) is 5.91 Å². The lowest BCUT2D eigenvalue weighted by molar-refractivity contribution is -0.121. The van der Waals surface area contributed by atoms with Gasteiger partial charge in [-0.15, -0.1) is 11.3 Å². The molecule has 4 nitrogen and oxygen atoms in total. The quantitative estimate of drug-likeness (QED) is 0.887. The van der Waals surface area contributed by atoms with Gasteiger partial charge in [0.15, 0.2) is 0 Å². The molecule has 2 heterocycles. The molecule has 0 aliphatic carbocycles. The maximum Gasteiger partial charge on any atom is 0.333 e. The zero-order valence-corrected chi connectivity index (χ0v) is 13.9. The second-order valence-electron chi connectivity index (χ2n) is 4.98. The van der Waals surface area contributed by atoms with Crippen LogP contribution in [0.4, 0.5) is 8.78 Å². The summed E-state index contributed by atoms with van der Waals surface area (Å²) in [5.74, 6) is -0.239. The Labute approximate surface area is 136 Å². The Bertz CT molecular complexity index is 684. The summed E-state index contributed by atoms with van der Waals surface area (Å²) in [5.41, 5.74) is 1.29. The van der Waals surface area contributed by atoms with Crippen molar-refractivity contribution in [1.29, 1.82) is 0 Å². The number of aromatic nitrogens is 2. The van der Waals surface area contributed by atoms with Crippen molar-refractivity contribution in [3.8, 4) is 0 Å². The normalized spacial score (nSPS) is 12.7. The number of nitrogens with one attached hydrogen (secondary N) is 1. The molecule has 0 saturated heterocycles. The Morgan fingerprint density at radius 3 is 2.64 bits per heavy atom. The van der Waals surface area contributed by atoms with Crippen LogP contribution in [0.5, 0.6) is 0 Å². The van der Waals surface area contributed by atoms with Crippen LogP contribution in [0.1, 0.15) is 41.3 Å². The van der Waals surface area contributed by atoms with Gasteiger partial charge in [0, 0.05) is 16.1 Å². The third-order valence-corrected chi connectivity index (χ3v) is 4.81. The Balaban J connectivity index is 2.06. The van der Waals surface area contributed by atoms with Gasteiger partial charge in [-0.3, -0.25) is 4.79 Å². The van der Waals surface area contributed by atoms with E-state index in [0.717, 1.165) is 4.88 Å². The van der Waals surface area contributed by atoms with Crippen molar-refractivity contribution in [3.05, 3.63) is 38.3 Å². The second-order valence-corrected chi connectivity index (χ2v) is 6.73. The summed E-state index contributed by atoms with van der Waals surface area (Å²) < 4.78 is 26.9. The van der Waals surface area contributed by atoms with Gasteiger partial charge >= 0.3 is 6.55 Å². The molecule has 0 saturated carbocycles. The molecule has 0 radical (unpaired) electrons. The van der Waals surface area contributed by atoms with Crippen molar-refractivity contribution in [2.45, 2.75) is 39.8 Å². The van der Waals surface area contributed by atoms with E-state index in [4.69, 9.17) is 11.6 Å². The first-order valence-corrected chi connectivity index (χ1v) is 7.86. The number of amides is 1. The molecule has 1 N–H and O–H groups in total. The smallest absolute Gasteiger partial charge is 0.333 e. The van der Waals surface area contributed by atoms with E-state index in [0.29, 0.717) is 26.0 Å². The number of hydrogen-bond donors (Lipinski definition) is 1. The van der Waals surface area contributed by atoms with E-state index in [1.807, 2.05) is 13.0 Å². The highest BCUT2D eigenvalue weighted by molar-refractivity contribution is 7.16. The van der Waals surface area contributed by atoms with Gasteiger partial charge < -0.3 is 5.32 Å². The highest BCUT2D eigenvalue weighted by atomic mass is 35.5. The first kappa shape index (κ1) is 16.9. The fourth-order valence-electron chi connectivity index (χ4n) is 2.23. The number of aryl methyl sites for hydroxylation is 1. The molecule has 0 aliphatic heterocycles. The van der Waals surface area contributed by atoms with Crippen molar-refractivity contribution >= 4 is 28.8 Å². The Morgan fingerprint density at radius 1 is 1.45 bits per heavy atom. The number of carbonyl (C=O) groups is 1. The average molecular weight is 348 g/mol. The summed E-state index contributed by atoms with van der Waals surface area (Å²) in [7, 11) is 0. The van der Waals surface area contributed by atoms with E-state index in [9.17, 15) is 13.6 Å². The summed E-state index contributed by atoms with van der Waals surface area (Å²) >= 11 is 7.26. The van der Waals surface area contributed by atoms with Gasteiger partial charge in [-0.1, -0.05) is 11.6 Å². The predicted molar refractivity (Wildman–Crippen MR) is 82.5 cm³/mol. The summed E-state index contributed by atoms with van der Waals surface area (Å²) in [4.78, 5) is 13.1. The SMILES string of the molecule is Cc1nn(C(F)F)c(C)c1CC(=O)NC(C)c1ccc(Cl)s1. The van der Waals surface area contributed by atoms with Gasteiger partial charge in [0.1, 0.15) is 0 Å². The lowest BCUT2D eigenvalue weighted by Crippen LogP contribution is -2.28. The van der Waals surface area contributed by atoms with Crippen LogP contribution in [0.25, 0.3) is 0 Å². The number of nitrogens with zero attached hydrogens (tertiary/aromatic N) is 2. The molecule has 0 fully saturated rings. The van der Waals surface area contributed by atoms with Crippen molar-refractivity contribution in [1.82, 2.24) is 15.1 Å². The largest absolute Gasteiger partial charge is 0.348 e. The number of halogens is 3. The Morgan fingerprint density at radius 2 is 2.14 bits per heavy atom. The zero-order valence-electron chi connectivity index (χ0n) is 12.4. The molecule has 2 rings (SSSR count). The first-order valence-electron chi connectivity index (χ1n) is 6.67. The topological polar surface area (TPSA) is 46.9 Å². The second kappa shape index (κ2) is 6.75. The zero-order chi connectivity index (χ0) is 16.4. The highest BCUT2D eigenvalue weighted by Gasteiger charge is 2.20. The maximum atomic E-state index is 12.8. The lowest BCUT2D eigenvalue weighted by Gasteiger charge is -2.12. The molecular formula is C14H16ClF2N3OS. The molecule has 0 aliphatic rings. The maximum absolute atomic E-state index is 12.8. The minimum absolute atomic E-state index is 0.0217. The van der Waals surface area contributed by atoms with E-state index in [1.165, 1.54) is 18.3 Å². The van der Waals surface area contributed by atoms with Crippen molar-refractivity contribution in [3.63, 3.8) is 0 Å². The van der Waals surface area contributed by atoms with E-state index in [1.54, 1.807) is 13.0 Å². The van der Waals surface area contributed by atoms with Gasteiger partial charge in [-0.05, 0) is 32.9 Å². The predicted octanol–water partition coefficient (Wildman–Crippen LogP) is 4.03. The van der Waals surface area contributed by atoms with Gasteiger partial charge in [0.25, 0.3) is 0 Å². The molecule has 1 atom stereocenters. The fourth-order valence-corrected chi connectivity index (χ4v) is 3.29. The highest BCUT2D eigenvalue weighted by Crippen LogP contribution is 2.27. The number of carbonyl (C=O) groups excluding carboxylic acids is 1. The molecule has 0 aromatic carbocycles. The van der Waals surface area contributed by atoms with Crippen LogP contribution in [-0.4, -0.2) is 15.7 Å². The number of alkyl halides is 2. The molecular weight excluding hydrogens is 332 g/mol. The van der Waals surface area contributed by atoms with Crippen LogP contribution in [0.3, 0.4) is 0 Å². The third-order valence-electron chi connectivity index (χ3n) is 3.40. The van der Waals surface area contributed by atoms with Crippen molar-refractivity contribution in [2.24, 2.45) is 0 Å². The van der Waals surface area contributed by atoms with Crippen LogP contribution in [-0.2, 0) is 11.2 Å². The van der Waals surface area contributed by atoms with E-state index < -0.39 is 6.55 Å². The average Bonchev–Trinajstić information content (AvgIpc) is 2.97. The molecule has 1 unspecified atom stereocenters. The third kappa shape index (κ3) is 3.64. The molecule has 22 heavy (non-hydrogen) atoms. The molecule has 120 valence electrons. The first-order chi connectivity index (χ1) is 10.3. The van der Waals surface area contributed by atoms with Crippen LogP contribution >= 0.6 is 22.9 Å². The van der Waals surface area contributed by atoms with Gasteiger partial charge in [-0.25, -0.2) is 4.68 Å². The number of rotatable bonds is 5. The summed E-state index contributed by atoms with van der Waals surface area (Å²) in [5, 5.41) is 6.61.